The van der Waals surface area contributed by atoms with Gasteiger partial charge in [0.2, 0.25) is 0 Å². The first-order valence-electron chi connectivity index (χ1n) is 7.88. The number of esters is 1. The highest BCUT2D eigenvalue weighted by Crippen LogP contribution is 2.23. The van der Waals surface area contributed by atoms with E-state index in [2.05, 4.69) is 5.32 Å². The van der Waals surface area contributed by atoms with Gasteiger partial charge in [0.15, 0.2) is 6.61 Å². The molecule has 6 nitrogen and oxygen atoms in total. The number of carbonyl (C=O) groups is 2. The molecule has 0 aliphatic carbocycles. The van der Waals surface area contributed by atoms with Crippen molar-refractivity contribution in [2.45, 2.75) is 13.0 Å². The van der Waals surface area contributed by atoms with Gasteiger partial charge in [0, 0.05) is 5.02 Å². The second-order valence-electron chi connectivity index (χ2n) is 5.49. The maximum Gasteiger partial charge on any atom is 0.342 e. The van der Waals surface area contributed by atoms with Crippen LogP contribution >= 0.6 is 11.6 Å². The molecule has 0 heterocycles. The number of carbonyl (C=O) groups excluding carboxylic acids is 2. The van der Waals surface area contributed by atoms with Crippen LogP contribution in [0.3, 0.4) is 0 Å². The van der Waals surface area contributed by atoms with E-state index >= 15 is 0 Å². The predicted octanol–water partition coefficient (Wildman–Crippen LogP) is 3.39. The molecule has 0 unspecified atom stereocenters. The summed E-state index contributed by atoms with van der Waals surface area (Å²) in [6.45, 7) is 1.41. The average Bonchev–Trinajstić information content (AvgIpc) is 2.66. The molecule has 0 aliphatic rings. The lowest BCUT2D eigenvalue weighted by molar-refractivity contribution is -0.124. The van der Waals surface area contributed by atoms with E-state index in [1.165, 1.54) is 13.2 Å². The number of hydrogen-bond acceptors (Lipinski definition) is 5. The normalized spacial score (nSPS) is 11.4. The molecule has 0 fully saturated rings. The number of hydrogen-bond donors (Lipinski definition) is 1. The van der Waals surface area contributed by atoms with Crippen molar-refractivity contribution in [1.82, 2.24) is 5.32 Å². The summed E-state index contributed by atoms with van der Waals surface area (Å²) in [5, 5.41) is 3.13. The van der Waals surface area contributed by atoms with Crippen LogP contribution in [0.15, 0.2) is 42.5 Å². The Hall–Kier alpha value is -2.73. The van der Waals surface area contributed by atoms with Gasteiger partial charge in [-0.25, -0.2) is 4.79 Å². The Morgan fingerprint density at radius 1 is 1.12 bits per heavy atom. The fourth-order valence-corrected chi connectivity index (χ4v) is 2.50. The SMILES string of the molecule is COc1cccc([C@H](C)NC(=O)COC(=O)c2cc(Cl)ccc2OC)c1. The second kappa shape index (κ2) is 9.10. The Balaban J connectivity index is 1.94. The van der Waals surface area contributed by atoms with E-state index in [1.807, 2.05) is 31.2 Å². The molecule has 26 heavy (non-hydrogen) atoms. The summed E-state index contributed by atoms with van der Waals surface area (Å²) in [6.07, 6.45) is 0. The fraction of sp³-hybridized carbons (Fsp3) is 0.263. The van der Waals surface area contributed by atoms with E-state index < -0.39 is 18.5 Å². The van der Waals surface area contributed by atoms with Gasteiger partial charge in [0.05, 0.1) is 20.3 Å². The van der Waals surface area contributed by atoms with Gasteiger partial charge in [-0.3, -0.25) is 4.79 Å². The van der Waals surface area contributed by atoms with Crippen molar-refractivity contribution >= 4 is 23.5 Å². The lowest BCUT2D eigenvalue weighted by Gasteiger charge is -2.15. The van der Waals surface area contributed by atoms with E-state index in [4.69, 9.17) is 25.8 Å². The first-order chi connectivity index (χ1) is 12.4. The molecular formula is C19H20ClNO5. The lowest BCUT2D eigenvalue weighted by atomic mass is 10.1. The maximum absolute atomic E-state index is 12.2. The molecule has 2 rings (SSSR count). The van der Waals surface area contributed by atoms with Gasteiger partial charge in [-0.2, -0.15) is 0 Å². The minimum Gasteiger partial charge on any atom is -0.497 e. The van der Waals surface area contributed by atoms with Crippen molar-refractivity contribution in [1.29, 1.82) is 0 Å². The highest BCUT2D eigenvalue weighted by Gasteiger charge is 2.17. The fourth-order valence-electron chi connectivity index (χ4n) is 2.33. The number of rotatable bonds is 7. The average molecular weight is 378 g/mol. The van der Waals surface area contributed by atoms with E-state index in [9.17, 15) is 9.59 Å². The van der Waals surface area contributed by atoms with Crippen molar-refractivity contribution in [3.63, 3.8) is 0 Å². The topological polar surface area (TPSA) is 73.9 Å². The number of benzene rings is 2. The van der Waals surface area contributed by atoms with Crippen LogP contribution in [0.1, 0.15) is 28.9 Å². The summed E-state index contributed by atoms with van der Waals surface area (Å²) in [6, 6.07) is 11.7. The monoisotopic (exact) mass is 377 g/mol. The summed E-state index contributed by atoms with van der Waals surface area (Å²) >= 11 is 5.89. The number of methoxy groups -OCH3 is 2. The van der Waals surface area contributed by atoms with Crippen LogP contribution in [-0.4, -0.2) is 32.7 Å². The standard InChI is InChI=1S/C19H20ClNO5/c1-12(13-5-4-6-15(9-13)24-2)21-18(22)11-26-19(23)16-10-14(20)7-8-17(16)25-3/h4-10,12H,11H2,1-3H3,(H,21,22)/t12-/m0/s1. The molecule has 0 bridgehead atoms. The summed E-state index contributed by atoms with van der Waals surface area (Å²) < 4.78 is 15.3. The molecular weight excluding hydrogens is 358 g/mol. The molecule has 2 aromatic rings. The predicted molar refractivity (Wildman–Crippen MR) is 97.8 cm³/mol. The van der Waals surface area contributed by atoms with Crippen LogP contribution in [0.2, 0.25) is 5.02 Å². The van der Waals surface area contributed by atoms with Gasteiger partial charge in [-0.15, -0.1) is 0 Å². The molecule has 0 saturated carbocycles. The van der Waals surface area contributed by atoms with E-state index in [0.29, 0.717) is 16.5 Å². The van der Waals surface area contributed by atoms with Crippen LogP contribution in [0.5, 0.6) is 11.5 Å². The zero-order valence-electron chi connectivity index (χ0n) is 14.7. The molecule has 0 radical (unpaired) electrons. The Morgan fingerprint density at radius 2 is 1.88 bits per heavy atom. The lowest BCUT2D eigenvalue weighted by Crippen LogP contribution is -2.31. The van der Waals surface area contributed by atoms with Crippen molar-refractivity contribution in [3.8, 4) is 11.5 Å². The number of amides is 1. The molecule has 1 amide bonds. The summed E-state index contributed by atoms with van der Waals surface area (Å²) in [5.41, 5.74) is 1.04. The molecule has 0 saturated heterocycles. The highest BCUT2D eigenvalue weighted by molar-refractivity contribution is 6.31. The van der Waals surface area contributed by atoms with Crippen molar-refractivity contribution in [2.75, 3.05) is 20.8 Å². The Bertz CT molecular complexity index is 793. The zero-order chi connectivity index (χ0) is 19.1. The van der Waals surface area contributed by atoms with Crippen LogP contribution in [-0.2, 0) is 9.53 Å². The third kappa shape index (κ3) is 5.13. The zero-order valence-corrected chi connectivity index (χ0v) is 15.5. The smallest absolute Gasteiger partial charge is 0.342 e. The molecule has 7 heteroatoms. The summed E-state index contributed by atoms with van der Waals surface area (Å²) in [5.74, 6) is -0.0872. The van der Waals surface area contributed by atoms with Crippen molar-refractivity contribution < 1.29 is 23.8 Å². The molecule has 0 spiro atoms. The van der Waals surface area contributed by atoms with Gasteiger partial charge in [-0.05, 0) is 42.8 Å². The Morgan fingerprint density at radius 3 is 2.58 bits per heavy atom. The first-order valence-corrected chi connectivity index (χ1v) is 8.26. The van der Waals surface area contributed by atoms with E-state index in [1.54, 1.807) is 19.2 Å². The molecule has 0 aromatic heterocycles. The van der Waals surface area contributed by atoms with Crippen LogP contribution in [0.4, 0.5) is 0 Å². The summed E-state index contributed by atoms with van der Waals surface area (Å²) in [7, 11) is 3.01. The van der Waals surface area contributed by atoms with Gasteiger partial charge in [0.25, 0.3) is 5.91 Å². The Kier molecular flexibility index (Phi) is 6.86. The number of ether oxygens (including phenoxy) is 3. The minimum atomic E-state index is -0.687. The quantitative estimate of drug-likeness (QED) is 0.748. The highest BCUT2D eigenvalue weighted by atomic mass is 35.5. The molecule has 1 N–H and O–H groups in total. The number of nitrogens with one attached hydrogen (secondary N) is 1. The maximum atomic E-state index is 12.2. The first kappa shape index (κ1) is 19.6. The largest absolute Gasteiger partial charge is 0.497 e. The third-order valence-corrected chi connectivity index (χ3v) is 3.92. The Labute approximate surface area is 157 Å². The van der Waals surface area contributed by atoms with Crippen LogP contribution in [0, 0.1) is 0 Å². The second-order valence-corrected chi connectivity index (χ2v) is 5.92. The van der Waals surface area contributed by atoms with Gasteiger partial charge < -0.3 is 19.5 Å². The van der Waals surface area contributed by atoms with E-state index in [-0.39, 0.29) is 11.6 Å². The van der Waals surface area contributed by atoms with Crippen LogP contribution in [0.25, 0.3) is 0 Å². The molecule has 2 aromatic carbocycles. The van der Waals surface area contributed by atoms with Gasteiger partial charge >= 0.3 is 5.97 Å². The van der Waals surface area contributed by atoms with E-state index in [0.717, 1.165) is 5.56 Å². The molecule has 138 valence electrons. The molecule has 1 atom stereocenters. The summed E-state index contributed by atoms with van der Waals surface area (Å²) in [4.78, 5) is 24.2. The number of halogens is 1. The van der Waals surface area contributed by atoms with Crippen molar-refractivity contribution in [3.05, 3.63) is 58.6 Å². The molecule has 0 aliphatic heterocycles. The van der Waals surface area contributed by atoms with Crippen LogP contribution < -0.4 is 14.8 Å². The van der Waals surface area contributed by atoms with Gasteiger partial charge in [-0.1, -0.05) is 23.7 Å². The third-order valence-electron chi connectivity index (χ3n) is 3.69. The van der Waals surface area contributed by atoms with Gasteiger partial charge in [0.1, 0.15) is 17.1 Å². The van der Waals surface area contributed by atoms with Crippen molar-refractivity contribution in [2.24, 2.45) is 0 Å². The minimum absolute atomic E-state index is 0.161.